The second-order valence-corrected chi connectivity index (χ2v) is 3.31. The molecule has 4 heteroatoms. The van der Waals surface area contributed by atoms with Crippen molar-refractivity contribution in [2.75, 3.05) is 33.8 Å². The Balaban J connectivity index is -0.000000213. The van der Waals surface area contributed by atoms with E-state index in [2.05, 4.69) is 35.9 Å². The van der Waals surface area contributed by atoms with Crippen LogP contribution in [0.3, 0.4) is 0 Å². The van der Waals surface area contributed by atoms with E-state index < -0.39 is 0 Å². The van der Waals surface area contributed by atoms with Gasteiger partial charge in [0.2, 0.25) is 0 Å². The van der Waals surface area contributed by atoms with Gasteiger partial charge in [-0.2, -0.15) is 0 Å². The molecule has 4 nitrogen and oxygen atoms in total. The predicted molar refractivity (Wildman–Crippen MR) is 75.0 cm³/mol. The van der Waals surface area contributed by atoms with E-state index in [4.69, 9.17) is 0 Å². The predicted octanol–water partition coefficient (Wildman–Crippen LogP) is 2.05. The van der Waals surface area contributed by atoms with Gasteiger partial charge in [0.25, 0.3) is 0 Å². The molecular weight excluding hydrogens is 216 g/mol. The van der Waals surface area contributed by atoms with Crippen molar-refractivity contribution in [3.63, 3.8) is 0 Å². The van der Waals surface area contributed by atoms with Crippen LogP contribution < -0.4 is 5.73 Å². The third-order valence-corrected chi connectivity index (χ3v) is 1.67. The van der Waals surface area contributed by atoms with Gasteiger partial charge in [0.1, 0.15) is 0 Å². The van der Waals surface area contributed by atoms with Gasteiger partial charge in [-0.15, -0.1) is 6.58 Å². The van der Waals surface area contributed by atoms with Crippen molar-refractivity contribution in [1.82, 2.24) is 4.90 Å². The number of ether oxygens (including phenoxy) is 1. The second kappa shape index (κ2) is 20.5. The molecule has 0 fully saturated rings. The van der Waals surface area contributed by atoms with Crippen molar-refractivity contribution >= 4 is 5.97 Å². The first-order valence-corrected chi connectivity index (χ1v) is 6.08. The minimum Gasteiger partial charge on any atom is -0.466 e. The van der Waals surface area contributed by atoms with E-state index >= 15 is 0 Å². The number of carbonyl (C=O) groups is 1. The van der Waals surface area contributed by atoms with E-state index in [1.165, 1.54) is 26.9 Å². The summed E-state index contributed by atoms with van der Waals surface area (Å²) in [5.41, 5.74) is 4.50. The molecule has 104 valence electrons. The number of hydrogen-bond donors (Lipinski definition) is 1. The van der Waals surface area contributed by atoms with Crippen LogP contribution in [0.4, 0.5) is 0 Å². The highest BCUT2D eigenvalue weighted by molar-refractivity contribution is 5.65. The maximum atomic E-state index is 9.82. The fourth-order valence-electron chi connectivity index (χ4n) is 1.01. The van der Waals surface area contributed by atoms with Crippen LogP contribution in [0.15, 0.2) is 12.7 Å². The number of nitrogens with two attached hydrogens (primary N) is 1. The smallest absolute Gasteiger partial charge is 0.302 e. The summed E-state index contributed by atoms with van der Waals surface area (Å²) in [5, 5.41) is 0. The lowest BCUT2D eigenvalue weighted by molar-refractivity contribution is -0.140. The lowest BCUT2D eigenvalue weighted by Gasteiger charge is -2.12. The molecule has 0 radical (unpaired) electrons. The Bertz CT molecular complexity index is 161. The van der Waals surface area contributed by atoms with E-state index in [0.717, 1.165) is 13.0 Å². The average molecular weight is 246 g/mol. The molecule has 0 aromatic carbocycles. The van der Waals surface area contributed by atoms with Gasteiger partial charge >= 0.3 is 5.97 Å². The molecule has 0 saturated carbocycles. The zero-order valence-electron chi connectivity index (χ0n) is 12.2. The highest BCUT2D eigenvalue weighted by atomic mass is 16.5. The Morgan fingerprint density at radius 3 is 2.12 bits per heavy atom. The molecule has 0 unspecified atom stereocenters. The van der Waals surface area contributed by atoms with Crippen molar-refractivity contribution in [3.8, 4) is 0 Å². The van der Waals surface area contributed by atoms with E-state index in [9.17, 15) is 4.79 Å². The van der Waals surface area contributed by atoms with Gasteiger partial charge in [-0.25, -0.2) is 0 Å². The number of nitrogens with zero attached hydrogens (tertiary/aromatic N) is 1. The molecule has 0 aromatic rings. The van der Waals surface area contributed by atoms with Crippen LogP contribution in [0.5, 0.6) is 0 Å². The highest BCUT2D eigenvalue weighted by Crippen LogP contribution is 1.88. The Labute approximate surface area is 107 Å². The van der Waals surface area contributed by atoms with Crippen LogP contribution in [0.2, 0.25) is 0 Å². The fraction of sp³-hybridized carbons (Fsp3) is 0.769. The van der Waals surface area contributed by atoms with Gasteiger partial charge in [-0.05, 0) is 40.4 Å². The molecule has 0 aliphatic rings. The van der Waals surface area contributed by atoms with E-state index in [0.29, 0.717) is 6.61 Å². The van der Waals surface area contributed by atoms with Crippen LogP contribution in [0.1, 0.15) is 33.6 Å². The van der Waals surface area contributed by atoms with Crippen LogP contribution >= 0.6 is 0 Å². The number of carbonyl (C=O) groups excluding carboxylic acids is 1. The average Bonchev–Trinajstić information content (AvgIpc) is 2.30. The molecule has 0 rings (SSSR count). The van der Waals surface area contributed by atoms with Gasteiger partial charge in [-0.1, -0.05) is 13.0 Å². The first kappa shape index (κ1) is 21.4. The summed E-state index contributed by atoms with van der Waals surface area (Å²) in [6.45, 7) is 11.9. The summed E-state index contributed by atoms with van der Waals surface area (Å²) < 4.78 is 4.40. The van der Waals surface area contributed by atoms with Crippen LogP contribution in [-0.2, 0) is 9.53 Å². The lowest BCUT2D eigenvalue weighted by atomic mass is 10.3. The van der Waals surface area contributed by atoms with E-state index in [1.807, 2.05) is 6.08 Å². The first-order valence-electron chi connectivity index (χ1n) is 6.08. The molecule has 0 aliphatic carbocycles. The summed E-state index contributed by atoms with van der Waals surface area (Å²) in [6.07, 6.45) is 4.32. The summed E-state index contributed by atoms with van der Waals surface area (Å²) in [7, 11) is 3.65. The van der Waals surface area contributed by atoms with Crippen molar-refractivity contribution in [2.45, 2.75) is 33.6 Å². The summed E-state index contributed by atoms with van der Waals surface area (Å²) in [4.78, 5) is 12.1. The van der Waals surface area contributed by atoms with E-state index in [-0.39, 0.29) is 5.97 Å². The molecular formula is C13H30N2O2. The maximum Gasteiger partial charge on any atom is 0.302 e. The quantitative estimate of drug-likeness (QED) is 0.575. The minimum absolute atomic E-state index is 0.211. The number of hydrogen-bond acceptors (Lipinski definition) is 4. The molecule has 0 aromatic heterocycles. The lowest BCUT2D eigenvalue weighted by Crippen LogP contribution is -2.19. The molecule has 0 amide bonds. The third-order valence-electron chi connectivity index (χ3n) is 1.67. The van der Waals surface area contributed by atoms with E-state index in [1.54, 1.807) is 6.92 Å². The monoisotopic (exact) mass is 246 g/mol. The Morgan fingerprint density at radius 2 is 1.88 bits per heavy atom. The van der Waals surface area contributed by atoms with Crippen molar-refractivity contribution in [2.24, 2.45) is 5.73 Å². The van der Waals surface area contributed by atoms with Gasteiger partial charge < -0.3 is 15.4 Å². The van der Waals surface area contributed by atoms with Crippen LogP contribution in [0.25, 0.3) is 0 Å². The fourth-order valence-corrected chi connectivity index (χ4v) is 1.01. The van der Waals surface area contributed by atoms with Gasteiger partial charge in [0.15, 0.2) is 0 Å². The second-order valence-electron chi connectivity index (χ2n) is 3.31. The zero-order valence-corrected chi connectivity index (χ0v) is 12.2. The minimum atomic E-state index is -0.211. The Kier molecular flexibility index (Phi) is 25.9. The Hall–Kier alpha value is -0.870. The molecule has 2 N–H and O–H groups in total. The summed E-state index contributed by atoms with van der Waals surface area (Å²) in [5.74, 6) is -0.211. The normalized spacial score (nSPS) is 8.41. The summed E-state index contributed by atoms with van der Waals surface area (Å²) >= 11 is 0. The molecule has 0 aliphatic heterocycles. The van der Waals surface area contributed by atoms with Crippen molar-refractivity contribution in [3.05, 3.63) is 12.7 Å². The standard InChI is InChI=1S/C8H17N.C4H8O2.CH5N/c1-4-6-8-9(3)7-5-2;1-3-6-4(2)5;1-2/h4H,1,5-8H2,2-3H3;3H2,1-2H3;2H2,1H3. The third kappa shape index (κ3) is 31.3. The number of rotatable bonds is 6. The first-order chi connectivity index (χ1) is 8.08. The highest BCUT2D eigenvalue weighted by Gasteiger charge is 1.91. The van der Waals surface area contributed by atoms with Crippen molar-refractivity contribution < 1.29 is 9.53 Å². The van der Waals surface area contributed by atoms with Crippen LogP contribution in [-0.4, -0.2) is 44.7 Å². The zero-order chi connectivity index (χ0) is 14.1. The van der Waals surface area contributed by atoms with Crippen molar-refractivity contribution in [1.29, 1.82) is 0 Å². The summed E-state index contributed by atoms with van der Waals surface area (Å²) in [6, 6.07) is 0. The molecule has 17 heavy (non-hydrogen) atoms. The topological polar surface area (TPSA) is 55.6 Å². The molecule has 0 spiro atoms. The molecule has 0 heterocycles. The number of esters is 1. The maximum absolute atomic E-state index is 9.82. The van der Waals surface area contributed by atoms with Gasteiger partial charge in [-0.3, -0.25) is 4.79 Å². The van der Waals surface area contributed by atoms with Gasteiger partial charge in [0, 0.05) is 13.5 Å². The SMILES string of the molecule is C=CCCN(C)CCC.CCOC(C)=O.CN. The molecule has 0 bridgehead atoms. The molecule has 0 saturated heterocycles. The largest absolute Gasteiger partial charge is 0.466 e. The van der Waals surface area contributed by atoms with Gasteiger partial charge in [0.05, 0.1) is 6.61 Å². The Morgan fingerprint density at radius 1 is 1.35 bits per heavy atom. The van der Waals surface area contributed by atoms with Crippen LogP contribution in [0, 0.1) is 0 Å². The molecule has 0 atom stereocenters.